The van der Waals surface area contributed by atoms with Gasteiger partial charge >= 0.3 is 0 Å². The predicted octanol–water partition coefficient (Wildman–Crippen LogP) is 3.32. The third-order valence-electron chi connectivity index (χ3n) is 4.31. The van der Waals surface area contributed by atoms with E-state index in [2.05, 4.69) is 22.8 Å². The van der Waals surface area contributed by atoms with Gasteiger partial charge in [0.05, 0.1) is 10.7 Å². The van der Waals surface area contributed by atoms with Crippen LogP contribution in [0.3, 0.4) is 0 Å². The number of nitrogens with zero attached hydrogens (tertiary/aromatic N) is 2. The summed E-state index contributed by atoms with van der Waals surface area (Å²) in [6.45, 7) is 6.99. The van der Waals surface area contributed by atoms with Gasteiger partial charge in [0.2, 0.25) is 0 Å². The zero-order valence-electron chi connectivity index (χ0n) is 11.0. The molecule has 2 aliphatic rings. The molecule has 0 spiro atoms. The molecule has 1 unspecified atom stereocenters. The molecule has 1 atom stereocenters. The van der Waals surface area contributed by atoms with E-state index < -0.39 is 0 Å². The Labute approximate surface area is 115 Å². The first-order valence-corrected chi connectivity index (χ1v) is 7.37. The molecular weight excluding hydrogens is 244 g/mol. The summed E-state index contributed by atoms with van der Waals surface area (Å²) in [4.78, 5) is 5.17. The maximum Gasteiger partial charge on any atom is 0.0642 e. The van der Waals surface area contributed by atoms with Crippen LogP contribution in [0.1, 0.15) is 24.8 Å². The summed E-state index contributed by atoms with van der Waals surface area (Å²) in [6, 6.07) is 6.96. The van der Waals surface area contributed by atoms with Gasteiger partial charge in [0.1, 0.15) is 0 Å². The highest BCUT2D eigenvalue weighted by atomic mass is 35.5. The van der Waals surface area contributed by atoms with Crippen molar-refractivity contribution in [2.24, 2.45) is 0 Å². The van der Waals surface area contributed by atoms with E-state index in [1.807, 2.05) is 12.1 Å². The topological polar surface area (TPSA) is 6.48 Å². The maximum atomic E-state index is 6.40. The molecule has 0 bridgehead atoms. The minimum absolute atomic E-state index is 0.739. The lowest BCUT2D eigenvalue weighted by molar-refractivity contribution is 0.273. The van der Waals surface area contributed by atoms with E-state index in [1.165, 1.54) is 43.6 Å². The average Bonchev–Trinajstić information content (AvgIpc) is 2.68. The van der Waals surface area contributed by atoms with E-state index >= 15 is 0 Å². The molecule has 0 aliphatic carbocycles. The van der Waals surface area contributed by atoms with E-state index in [-0.39, 0.29) is 0 Å². The molecule has 3 rings (SSSR count). The molecule has 2 fully saturated rings. The molecule has 0 amide bonds. The quantitative estimate of drug-likeness (QED) is 0.768. The highest BCUT2D eigenvalue weighted by Crippen LogP contribution is 2.32. The number of para-hydroxylation sites is 1. The van der Waals surface area contributed by atoms with E-state index in [9.17, 15) is 0 Å². The van der Waals surface area contributed by atoms with Gasteiger partial charge < -0.3 is 4.90 Å². The van der Waals surface area contributed by atoms with Gasteiger partial charge in [-0.2, -0.15) is 0 Å². The molecule has 2 aliphatic heterocycles. The van der Waals surface area contributed by atoms with Crippen molar-refractivity contribution in [1.29, 1.82) is 0 Å². The number of hydrogen-bond donors (Lipinski definition) is 0. The standard InChI is InChI=1S/C15H21ClN2/c1-12-5-2-7-14(16)15(12)18-10-4-9-17-8-3-6-13(17)11-18/h2,5,7,13H,3-4,6,8-11H2,1H3. The normalized spacial score (nSPS) is 25.0. The summed E-state index contributed by atoms with van der Waals surface area (Å²) in [5, 5.41) is 0.904. The molecule has 1 aromatic carbocycles. The Morgan fingerprint density at radius 1 is 1.17 bits per heavy atom. The van der Waals surface area contributed by atoms with Crippen LogP contribution in [-0.4, -0.2) is 37.1 Å². The third-order valence-corrected chi connectivity index (χ3v) is 4.61. The maximum absolute atomic E-state index is 6.40. The zero-order chi connectivity index (χ0) is 12.5. The molecule has 98 valence electrons. The van der Waals surface area contributed by atoms with E-state index in [1.54, 1.807) is 0 Å². The van der Waals surface area contributed by atoms with Crippen molar-refractivity contribution < 1.29 is 0 Å². The van der Waals surface area contributed by atoms with Gasteiger partial charge in [0.25, 0.3) is 0 Å². The smallest absolute Gasteiger partial charge is 0.0642 e. The summed E-state index contributed by atoms with van der Waals surface area (Å²) in [5.41, 5.74) is 2.56. The second-order valence-corrected chi connectivity index (χ2v) is 5.94. The fourth-order valence-electron chi connectivity index (χ4n) is 3.43. The van der Waals surface area contributed by atoms with Gasteiger partial charge in [0, 0.05) is 25.7 Å². The number of anilines is 1. The molecule has 2 saturated heterocycles. The van der Waals surface area contributed by atoms with Crippen LogP contribution < -0.4 is 4.90 Å². The van der Waals surface area contributed by atoms with Crippen molar-refractivity contribution >= 4 is 17.3 Å². The minimum Gasteiger partial charge on any atom is -0.368 e. The van der Waals surface area contributed by atoms with E-state index in [0.717, 1.165) is 24.2 Å². The van der Waals surface area contributed by atoms with Crippen LogP contribution in [0, 0.1) is 6.92 Å². The SMILES string of the molecule is Cc1cccc(Cl)c1N1CCCN2CCCC2C1. The second kappa shape index (κ2) is 5.10. The summed E-state index contributed by atoms with van der Waals surface area (Å²) in [5.74, 6) is 0. The highest BCUT2D eigenvalue weighted by molar-refractivity contribution is 6.33. The van der Waals surface area contributed by atoms with Crippen LogP contribution in [0.4, 0.5) is 5.69 Å². The number of benzene rings is 1. The van der Waals surface area contributed by atoms with Gasteiger partial charge in [0.15, 0.2) is 0 Å². The van der Waals surface area contributed by atoms with Crippen molar-refractivity contribution in [1.82, 2.24) is 4.90 Å². The van der Waals surface area contributed by atoms with Crippen molar-refractivity contribution in [3.05, 3.63) is 28.8 Å². The third kappa shape index (κ3) is 2.24. The van der Waals surface area contributed by atoms with Crippen LogP contribution >= 0.6 is 11.6 Å². The highest BCUT2D eigenvalue weighted by Gasteiger charge is 2.29. The molecule has 3 heteroatoms. The summed E-state index contributed by atoms with van der Waals surface area (Å²) in [7, 11) is 0. The molecule has 0 radical (unpaired) electrons. The molecule has 1 aromatic rings. The van der Waals surface area contributed by atoms with Crippen LogP contribution in [0.2, 0.25) is 5.02 Å². The molecular formula is C15H21ClN2. The number of rotatable bonds is 1. The summed E-state index contributed by atoms with van der Waals surface area (Å²) >= 11 is 6.40. The molecule has 0 N–H and O–H groups in total. The van der Waals surface area contributed by atoms with Crippen LogP contribution in [0.5, 0.6) is 0 Å². The molecule has 0 saturated carbocycles. The Kier molecular flexibility index (Phi) is 3.49. The Morgan fingerprint density at radius 2 is 2.00 bits per heavy atom. The van der Waals surface area contributed by atoms with Gasteiger partial charge in [-0.3, -0.25) is 4.90 Å². The number of halogens is 1. The van der Waals surface area contributed by atoms with Gasteiger partial charge in [-0.1, -0.05) is 23.7 Å². The predicted molar refractivity (Wildman–Crippen MR) is 77.6 cm³/mol. The van der Waals surface area contributed by atoms with Crippen LogP contribution in [-0.2, 0) is 0 Å². The summed E-state index contributed by atoms with van der Waals surface area (Å²) in [6.07, 6.45) is 3.96. The summed E-state index contributed by atoms with van der Waals surface area (Å²) < 4.78 is 0. The first-order valence-electron chi connectivity index (χ1n) is 7.00. The fraction of sp³-hybridized carbons (Fsp3) is 0.600. The molecule has 2 nitrogen and oxygen atoms in total. The van der Waals surface area contributed by atoms with E-state index in [4.69, 9.17) is 11.6 Å². The van der Waals surface area contributed by atoms with Crippen LogP contribution in [0.25, 0.3) is 0 Å². The average molecular weight is 265 g/mol. The first-order chi connectivity index (χ1) is 8.75. The lowest BCUT2D eigenvalue weighted by atomic mass is 10.1. The Hall–Kier alpha value is -0.730. The monoisotopic (exact) mass is 264 g/mol. The van der Waals surface area contributed by atoms with Gasteiger partial charge in [-0.15, -0.1) is 0 Å². The lowest BCUT2D eigenvalue weighted by Gasteiger charge is -2.29. The molecule has 0 aromatic heterocycles. The first kappa shape index (κ1) is 12.3. The number of hydrogen-bond acceptors (Lipinski definition) is 2. The molecule has 18 heavy (non-hydrogen) atoms. The van der Waals surface area contributed by atoms with Crippen molar-refractivity contribution in [3.8, 4) is 0 Å². The second-order valence-electron chi connectivity index (χ2n) is 5.54. The largest absolute Gasteiger partial charge is 0.368 e. The zero-order valence-corrected chi connectivity index (χ0v) is 11.8. The van der Waals surface area contributed by atoms with Crippen LogP contribution in [0.15, 0.2) is 18.2 Å². The van der Waals surface area contributed by atoms with Crippen molar-refractivity contribution in [2.45, 2.75) is 32.2 Å². The van der Waals surface area contributed by atoms with Gasteiger partial charge in [-0.25, -0.2) is 0 Å². The van der Waals surface area contributed by atoms with E-state index in [0.29, 0.717) is 0 Å². The van der Waals surface area contributed by atoms with Crippen molar-refractivity contribution in [2.75, 3.05) is 31.1 Å². The van der Waals surface area contributed by atoms with Crippen molar-refractivity contribution in [3.63, 3.8) is 0 Å². The lowest BCUT2D eigenvalue weighted by Crippen LogP contribution is -2.37. The Balaban J connectivity index is 1.87. The van der Waals surface area contributed by atoms with Gasteiger partial charge in [-0.05, 0) is 44.4 Å². The fourth-order valence-corrected chi connectivity index (χ4v) is 3.77. The Morgan fingerprint density at radius 3 is 2.83 bits per heavy atom. The minimum atomic E-state index is 0.739. The number of fused-ring (bicyclic) bond motifs is 1. The molecule has 2 heterocycles. The number of aryl methyl sites for hydroxylation is 1. The Bertz CT molecular complexity index is 412.